The Bertz CT molecular complexity index is 206. The number of aliphatic hydroxyl groups excluding tert-OH is 1. The SMILES string of the molecule is C[C@H]1C=C[C@H](O)[C@]2(CCCCO2)O1. The van der Waals surface area contributed by atoms with Crippen molar-refractivity contribution in [2.75, 3.05) is 6.61 Å². The molecule has 0 radical (unpaired) electrons. The van der Waals surface area contributed by atoms with Gasteiger partial charge in [0, 0.05) is 6.42 Å². The number of ether oxygens (including phenoxy) is 2. The molecule has 3 atom stereocenters. The van der Waals surface area contributed by atoms with Crippen LogP contribution in [0.2, 0.25) is 0 Å². The molecule has 2 heterocycles. The van der Waals surface area contributed by atoms with Crippen LogP contribution in [0.3, 0.4) is 0 Å². The molecular formula is C10H16O3. The number of aliphatic hydroxyl groups is 1. The minimum absolute atomic E-state index is 0.0431. The first-order chi connectivity index (χ1) is 6.23. The van der Waals surface area contributed by atoms with Crippen molar-refractivity contribution in [3.05, 3.63) is 12.2 Å². The number of hydrogen-bond donors (Lipinski definition) is 1. The second kappa shape index (κ2) is 3.40. The highest BCUT2D eigenvalue weighted by Crippen LogP contribution is 2.34. The molecule has 13 heavy (non-hydrogen) atoms. The molecule has 0 bridgehead atoms. The molecule has 0 aromatic heterocycles. The molecule has 3 heteroatoms. The average Bonchev–Trinajstić information content (AvgIpc) is 2.14. The summed E-state index contributed by atoms with van der Waals surface area (Å²) in [4.78, 5) is 0. The highest BCUT2D eigenvalue weighted by Gasteiger charge is 2.43. The van der Waals surface area contributed by atoms with Gasteiger partial charge in [0.2, 0.25) is 0 Å². The van der Waals surface area contributed by atoms with Crippen molar-refractivity contribution in [3.63, 3.8) is 0 Å². The predicted octanol–water partition coefficient (Wildman–Crippen LogP) is 1.22. The second-order valence-electron chi connectivity index (χ2n) is 3.77. The van der Waals surface area contributed by atoms with Gasteiger partial charge in [-0.3, -0.25) is 0 Å². The largest absolute Gasteiger partial charge is 0.383 e. The van der Waals surface area contributed by atoms with Crippen LogP contribution in [-0.4, -0.2) is 29.7 Å². The fourth-order valence-corrected chi connectivity index (χ4v) is 1.95. The van der Waals surface area contributed by atoms with Crippen LogP contribution in [0.15, 0.2) is 12.2 Å². The molecule has 74 valence electrons. The first kappa shape index (κ1) is 9.19. The fraction of sp³-hybridized carbons (Fsp3) is 0.800. The van der Waals surface area contributed by atoms with Crippen molar-refractivity contribution in [2.24, 2.45) is 0 Å². The maximum atomic E-state index is 9.77. The van der Waals surface area contributed by atoms with Crippen molar-refractivity contribution >= 4 is 0 Å². The van der Waals surface area contributed by atoms with Crippen LogP contribution in [0, 0.1) is 0 Å². The van der Waals surface area contributed by atoms with Gasteiger partial charge in [0.05, 0.1) is 12.7 Å². The molecule has 1 N–H and O–H groups in total. The summed E-state index contributed by atoms with van der Waals surface area (Å²) in [6.07, 6.45) is 6.01. The summed E-state index contributed by atoms with van der Waals surface area (Å²) in [6, 6.07) is 0. The minimum Gasteiger partial charge on any atom is -0.383 e. The molecule has 2 aliphatic rings. The first-order valence-electron chi connectivity index (χ1n) is 4.91. The highest BCUT2D eigenvalue weighted by atomic mass is 16.7. The van der Waals surface area contributed by atoms with Crippen molar-refractivity contribution in [1.82, 2.24) is 0 Å². The summed E-state index contributed by atoms with van der Waals surface area (Å²) in [5.41, 5.74) is 0. The molecule has 0 aliphatic carbocycles. The molecule has 0 aromatic rings. The third-order valence-corrected chi connectivity index (χ3v) is 2.67. The van der Waals surface area contributed by atoms with Crippen LogP contribution in [0.4, 0.5) is 0 Å². The van der Waals surface area contributed by atoms with E-state index in [2.05, 4.69) is 0 Å². The Kier molecular flexibility index (Phi) is 2.41. The monoisotopic (exact) mass is 184 g/mol. The Morgan fingerprint density at radius 1 is 1.38 bits per heavy atom. The standard InChI is InChI=1S/C10H16O3/c1-8-4-5-9(11)10(13-8)6-2-3-7-12-10/h4-5,8-9,11H,2-3,6-7H2,1H3/t8-,9-,10-/m0/s1. The van der Waals surface area contributed by atoms with E-state index in [9.17, 15) is 5.11 Å². The quantitative estimate of drug-likeness (QED) is 0.575. The minimum atomic E-state index is -0.744. The van der Waals surface area contributed by atoms with E-state index in [1.165, 1.54) is 0 Å². The fourth-order valence-electron chi connectivity index (χ4n) is 1.95. The Morgan fingerprint density at radius 3 is 2.92 bits per heavy atom. The summed E-state index contributed by atoms with van der Waals surface area (Å²) in [6.45, 7) is 2.65. The van der Waals surface area contributed by atoms with Gasteiger partial charge in [0.25, 0.3) is 0 Å². The zero-order chi connectivity index (χ0) is 9.31. The van der Waals surface area contributed by atoms with Gasteiger partial charge < -0.3 is 14.6 Å². The van der Waals surface area contributed by atoms with Gasteiger partial charge in [-0.15, -0.1) is 0 Å². The molecular weight excluding hydrogens is 168 g/mol. The molecule has 2 aliphatic heterocycles. The third kappa shape index (κ3) is 1.64. The van der Waals surface area contributed by atoms with E-state index in [0.29, 0.717) is 6.61 Å². The Hall–Kier alpha value is -0.380. The third-order valence-electron chi connectivity index (χ3n) is 2.67. The van der Waals surface area contributed by atoms with E-state index in [4.69, 9.17) is 9.47 Å². The molecule has 3 nitrogen and oxygen atoms in total. The van der Waals surface area contributed by atoms with E-state index < -0.39 is 11.9 Å². The lowest BCUT2D eigenvalue weighted by Crippen LogP contribution is -2.52. The van der Waals surface area contributed by atoms with Crippen LogP contribution >= 0.6 is 0 Å². The number of rotatable bonds is 0. The normalized spacial score (nSPS) is 45.4. The van der Waals surface area contributed by atoms with Gasteiger partial charge >= 0.3 is 0 Å². The molecule has 1 spiro atoms. The van der Waals surface area contributed by atoms with E-state index in [-0.39, 0.29) is 6.10 Å². The smallest absolute Gasteiger partial charge is 0.198 e. The summed E-state index contributed by atoms with van der Waals surface area (Å²) in [5, 5.41) is 9.77. The van der Waals surface area contributed by atoms with Crippen LogP contribution in [0.5, 0.6) is 0 Å². The summed E-state index contributed by atoms with van der Waals surface area (Å²) >= 11 is 0. The van der Waals surface area contributed by atoms with E-state index in [1.807, 2.05) is 13.0 Å². The molecule has 2 rings (SSSR count). The van der Waals surface area contributed by atoms with E-state index in [0.717, 1.165) is 19.3 Å². The van der Waals surface area contributed by atoms with Gasteiger partial charge in [-0.25, -0.2) is 0 Å². The van der Waals surface area contributed by atoms with Crippen LogP contribution in [-0.2, 0) is 9.47 Å². The molecule has 0 amide bonds. The highest BCUT2D eigenvalue weighted by molar-refractivity contribution is 5.05. The molecule has 1 fully saturated rings. The zero-order valence-electron chi connectivity index (χ0n) is 7.90. The predicted molar refractivity (Wildman–Crippen MR) is 48.2 cm³/mol. The first-order valence-corrected chi connectivity index (χ1v) is 4.91. The Balaban J connectivity index is 2.15. The van der Waals surface area contributed by atoms with Gasteiger partial charge in [-0.2, -0.15) is 0 Å². The average molecular weight is 184 g/mol. The lowest BCUT2D eigenvalue weighted by molar-refractivity contribution is -0.303. The lowest BCUT2D eigenvalue weighted by Gasteiger charge is -2.43. The maximum Gasteiger partial charge on any atom is 0.198 e. The van der Waals surface area contributed by atoms with Gasteiger partial charge in [0.1, 0.15) is 6.10 Å². The van der Waals surface area contributed by atoms with Crippen molar-refractivity contribution in [1.29, 1.82) is 0 Å². The van der Waals surface area contributed by atoms with Crippen LogP contribution in [0.1, 0.15) is 26.2 Å². The molecule has 0 unspecified atom stereocenters. The van der Waals surface area contributed by atoms with Gasteiger partial charge in [-0.1, -0.05) is 12.2 Å². The maximum absolute atomic E-state index is 9.77. The van der Waals surface area contributed by atoms with Crippen LogP contribution < -0.4 is 0 Å². The molecule has 0 aromatic carbocycles. The Labute approximate surface area is 78.3 Å². The van der Waals surface area contributed by atoms with Crippen molar-refractivity contribution in [3.8, 4) is 0 Å². The van der Waals surface area contributed by atoms with Gasteiger partial charge in [0.15, 0.2) is 5.79 Å². The van der Waals surface area contributed by atoms with Crippen molar-refractivity contribution < 1.29 is 14.6 Å². The van der Waals surface area contributed by atoms with E-state index >= 15 is 0 Å². The lowest BCUT2D eigenvalue weighted by atomic mass is 9.97. The Morgan fingerprint density at radius 2 is 2.23 bits per heavy atom. The summed E-state index contributed by atoms with van der Waals surface area (Å²) < 4.78 is 11.2. The molecule has 1 saturated heterocycles. The summed E-state index contributed by atoms with van der Waals surface area (Å²) in [5.74, 6) is -0.744. The van der Waals surface area contributed by atoms with Crippen molar-refractivity contribution in [2.45, 2.75) is 44.2 Å². The number of hydrogen-bond acceptors (Lipinski definition) is 3. The summed E-state index contributed by atoms with van der Waals surface area (Å²) in [7, 11) is 0. The zero-order valence-corrected chi connectivity index (χ0v) is 7.90. The van der Waals surface area contributed by atoms with Crippen LogP contribution in [0.25, 0.3) is 0 Å². The van der Waals surface area contributed by atoms with E-state index in [1.54, 1.807) is 6.08 Å². The topological polar surface area (TPSA) is 38.7 Å². The molecule has 0 saturated carbocycles. The second-order valence-corrected chi connectivity index (χ2v) is 3.77. The van der Waals surface area contributed by atoms with Gasteiger partial charge in [-0.05, 0) is 19.8 Å².